The van der Waals surface area contributed by atoms with E-state index in [4.69, 9.17) is 0 Å². The average Bonchev–Trinajstić information content (AvgIpc) is 3.17. The van der Waals surface area contributed by atoms with E-state index in [0.717, 1.165) is 30.5 Å². The number of anilines is 2. The lowest BCUT2D eigenvalue weighted by molar-refractivity contribution is -0.143. The molecule has 11 heteroatoms. The predicted molar refractivity (Wildman–Crippen MR) is 103 cm³/mol. The van der Waals surface area contributed by atoms with Crippen molar-refractivity contribution in [2.75, 3.05) is 10.6 Å². The Hall–Kier alpha value is -4.15. The Kier molecular flexibility index (Phi) is 5.77. The summed E-state index contributed by atoms with van der Waals surface area (Å²) in [6, 6.07) is 7.85. The lowest BCUT2D eigenvalue weighted by Gasteiger charge is -2.13. The van der Waals surface area contributed by atoms with Gasteiger partial charge in [0.15, 0.2) is 5.69 Å². The van der Waals surface area contributed by atoms with Gasteiger partial charge in [0.2, 0.25) is 5.91 Å². The number of phenolic OH excluding ortho intramolecular Hbond substituents is 1. The Morgan fingerprint density at radius 3 is 2.39 bits per heavy atom. The van der Waals surface area contributed by atoms with Gasteiger partial charge in [0.1, 0.15) is 11.6 Å². The van der Waals surface area contributed by atoms with Gasteiger partial charge in [-0.25, -0.2) is 9.07 Å². The molecule has 1 heterocycles. The highest BCUT2D eigenvalue weighted by Gasteiger charge is 2.40. The van der Waals surface area contributed by atoms with Gasteiger partial charge in [-0.15, -0.1) is 0 Å². The van der Waals surface area contributed by atoms with E-state index in [1.54, 1.807) is 0 Å². The van der Waals surface area contributed by atoms with Crippen molar-refractivity contribution in [1.29, 1.82) is 0 Å². The number of amides is 2. The molecule has 0 spiro atoms. The number of alkyl halides is 3. The second kappa shape index (κ2) is 8.30. The highest BCUT2D eigenvalue weighted by atomic mass is 19.4. The molecule has 2 amide bonds. The van der Waals surface area contributed by atoms with Crippen molar-refractivity contribution in [3.8, 4) is 11.4 Å². The first-order chi connectivity index (χ1) is 14.6. The molecule has 0 bridgehead atoms. The molecule has 3 aromatic rings. The molecule has 7 nitrogen and oxygen atoms in total. The number of rotatable bonds is 5. The fourth-order valence-electron chi connectivity index (χ4n) is 2.66. The Balaban J connectivity index is 1.95. The molecular formula is C20H14F4N4O3. The van der Waals surface area contributed by atoms with Crippen molar-refractivity contribution < 1.29 is 32.3 Å². The molecule has 3 rings (SSSR count). The van der Waals surface area contributed by atoms with Gasteiger partial charge < -0.3 is 15.7 Å². The SMILES string of the molecule is C=CC(=O)Nc1cc(NC(=O)c2cnn(-c3ccc(O)cc3)c2C(F)(F)F)ccc1F. The number of benzene rings is 2. The Morgan fingerprint density at radius 2 is 1.77 bits per heavy atom. The van der Waals surface area contributed by atoms with Gasteiger partial charge in [0, 0.05) is 5.69 Å². The minimum atomic E-state index is -4.94. The van der Waals surface area contributed by atoms with Crippen molar-refractivity contribution in [3.63, 3.8) is 0 Å². The zero-order chi connectivity index (χ0) is 22.8. The Bertz CT molecular complexity index is 1150. The summed E-state index contributed by atoms with van der Waals surface area (Å²) in [4.78, 5) is 23.9. The summed E-state index contributed by atoms with van der Waals surface area (Å²) in [7, 11) is 0. The summed E-state index contributed by atoms with van der Waals surface area (Å²) in [5.74, 6) is -2.83. The smallest absolute Gasteiger partial charge is 0.434 e. The lowest BCUT2D eigenvalue weighted by atomic mass is 10.2. The van der Waals surface area contributed by atoms with Gasteiger partial charge in [-0.2, -0.15) is 18.3 Å². The molecule has 1 aromatic heterocycles. The van der Waals surface area contributed by atoms with Crippen LogP contribution in [0.25, 0.3) is 5.69 Å². The highest BCUT2D eigenvalue weighted by molar-refractivity contribution is 6.06. The molecule has 0 fully saturated rings. The van der Waals surface area contributed by atoms with Gasteiger partial charge in [-0.05, 0) is 48.5 Å². The maximum Gasteiger partial charge on any atom is 0.434 e. The van der Waals surface area contributed by atoms with E-state index in [9.17, 15) is 32.3 Å². The Morgan fingerprint density at radius 1 is 1.10 bits per heavy atom. The van der Waals surface area contributed by atoms with Crippen molar-refractivity contribution in [2.45, 2.75) is 6.18 Å². The van der Waals surface area contributed by atoms with E-state index >= 15 is 0 Å². The molecule has 0 saturated heterocycles. The van der Waals surface area contributed by atoms with E-state index in [1.165, 1.54) is 24.3 Å². The number of hydrogen-bond acceptors (Lipinski definition) is 4. The van der Waals surface area contributed by atoms with Gasteiger partial charge in [-0.3, -0.25) is 9.59 Å². The summed E-state index contributed by atoms with van der Waals surface area (Å²) in [6.07, 6.45) is -3.29. The number of aromatic nitrogens is 2. The summed E-state index contributed by atoms with van der Waals surface area (Å²) < 4.78 is 55.5. The van der Waals surface area contributed by atoms with Crippen molar-refractivity contribution >= 4 is 23.2 Å². The molecule has 31 heavy (non-hydrogen) atoms. The third kappa shape index (κ3) is 4.71. The standard InChI is InChI=1S/C20H14F4N4O3/c1-2-17(30)27-16-9-11(3-8-15(16)21)26-19(31)14-10-25-28(18(14)20(22,23)24)12-4-6-13(29)7-5-12/h2-10,29H,1H2,(H,26,31)(H,27,30). The van der Waals surface area contributed by atoms with Crippen molar-refractivity contribution in [1.82, 2.24) is 9.78 Å². The normalized spacial score (nSPS) is 11.1. The number of nitrogens with one attached hydrogen (secondary N) is 2. The fourth-order valence-corrected chi connectivity index (χ4v) is 2.66. The van der Waals surface area contributed by atoms with Gasteiger partial charge >= 0.3 is 6.18 Å². The minimum Gasteiger partial charge on any atom is -0.508 e. The number of nitrogens with zero attached hydrogens (tertiary/aromatic N) is 2. The van der Waals surface area contributed by atoms with E-state index in [-0.39, 0.29) is 22.8 Å². The highest BCUT2D eigenvalue weighted by Crippen LogP contribution is 2.34. The number of carbonyl (C=O) groups excluding carboxylic acids is 2. The molecule has 0 atom stereocenters. The quantitative estimate of drug-likeness (QED) is 0.416. The summed E-state index contributed by atoms with van der Waals surface area (Å²) >= 11 is 0. The molecular weight excluding hydrogens is 420 g/mol. The number of aromatic hydroxyl groups is 1. The monoisotopic (exact) mass is 434 g/mol. The van der Waals surface area contributed by atoms with Crippen LogP contribution in [0, 0.1) is 5.82 Å². The maximum absolute atomic E-state index is 13.8. The van der Waals surface area contributed by atoms with Crippen molar-refractivity contribution in [2.24, 2.45) is 0 Å². The second-order valence-electron chi connectivity index (χ2n) is 6.17. The molecule has 0 unspecified atom stereocenters. The van der Waals surface area contributed by atoms with Gasteiger partial charge in [0.25, 0.3) is 5.91 Å². The number of phenols is 1. The third-order valence-electron chi connectivity index (χ3n) is 4.04. The number of halogens is 4. The average molecular weight is 434 g/mol. The molecule has 0 saturated carbocycles. The first kappa shape index (κ1) is 21.6. The largest absolute Gasteiger partial charge is 0.508 e. The molecule has 0 aliphatic rings. The zero-order valence-corrected chi connectivity index (χ0v) is 15.6. The fraction of sp³-hybridized carbons (Fsp3) is 0.0500. The molecule has 160 valence electrons. The van der Waals surface area contributed by atoms with Crippen LogP contribution in [-0.4, -0.2) is 26.7 Å². The van der Waals surface area contributed by atoms with Gasteiger partial charge in [-0.1, -0.05) is 6.58 Å². The van der Waals surface area contributed by atoms with Crippen LogP contribution in [-0.2, 0) is 11.0 Å². The predicted octanol–water partition coefficient (Wildman–Crippen LogP) is 4.11. The summed E-state index contributed by atoms with van der Waals surface area (Å²) in [5, 5.41) is 17.4. The molecule has 0 aliphatic carbocycles. The van der Waals surface area contributed by atoms with Gasteiger partial charge in [0.05, 0.1) is 23.1 Å². The Labute approximate surface area is 172 Å². The first-order valence-electron chi connectivity index (χ1n) is 8.59. The lowest BCUT2D eigenvalue weighted by Crippen LogP contribution is -2.21. The topological polar surface area (TPSA) is 96.3 Å². The second-order valence-corrected chi connectivity index (χ2v) is 6.17. The number of hydrogen-bond donors (Lipinski definition) is 3. The van der Waals surface area contributed by atoms with E-state index < -0.39 is 35.1 Å². The molecule has 0 aliphatic heterocycles. The first-order valence-corrected chi connectivity index (χ1v) is 8.59. The van der Waals surface area contributed by atoms with Crippen LogP contribution >= 0.6 is 0 Å². The molecule has 2 aromatic carbocycles. The van der Waals surface area contributed by atoms with Crippen LogP contribution < -0.4 is 10.6 Å². The molecule has 0 radical (unpaired) electrons. The van der Waals surface area contributed by atoms with Crippen LogP contribution in [0.2, 0.25) is 0 Å². The maximum atomic E-state index is 13.8. The van der Waals surface area contributed by atoms with E-state index in [0.29, 0.717) is 4.68 Å². The van der Waals surface area contributed by atoms with Crippen molar-refractivity contribution in [3.05, 3.63) is 78.4 Å². The van der Waals surface area contributed by atoms with E-state index in [2.05, 4.69) is 22.3 Å². The number of carbonyl (C=O) groups is 2. The zero-order valence-electron chi connectivity index (χ0n) is 15.6. The van der Waals surface area contributed by atoms with Crippen LogP contribution in [0.4, 0.5) is 28.9 Å². The van der Waals surface area contributed by atoms with Crippen LogP contribution in [0.1, 0.15) is 16.1 Å². The van der Waals surface area contributed by atoms with Crippen LogP contribution in [0.5, 0.6) is 5.75 Å². The van der Waals surface area contributed by atoms with Crippen LogP contribution in [0.15, 0.2) is 61.3 Å². The molecule has 3 N–H and O–H groups in total. The van der Waals surface area contributed by atoms with Crippen LogP contribution in [0.3, 0.4) is 0 Å². The minimum absolute atomic E-state index is 0.0274. The summed E-state index contributed by atoms with van der Waals surface area (Å²) in [6.45, 7) is 3.23. The third-order valence-corrected chi connectivity index (χ3v) is 4.04. The summed E-state index contributed by atoms with van der Waals surface area (Å²) in [5.41, 5.74) is -2.49. The van der Waals surface area contributed by atoms with E-state index in [1.807, 2.05) is 0 Å².